The van der Waals surface area contributed by atoms with Gasteiger partial charge < -0.3 is 9.73 Å². The predicted molar refractivity (Wildman–Crippen MR) is 124 cm³/mol. The van der Waals surface area contributed by atoms with Crippen molar-refractivity contribution in [2.75, 3.05) is 6.54 Å². The first-order valence-electron chi connectivity index (χ1n) is 10.3. The fourth-order valence-electron chi connectivity index (χ4n) is 3.19. The van der Waals surface area contributed by atoms with Crippen LogP contribution in [0.25, 0.3) is 0 Å². The molecule has 0 fully saturated rings. The quantitative estimate of drug-likeness (QED) is 0.417. The van der Waals surface area contributed by atoms with Crippen molar-refractivity contribution in [2.24, 2.45) is 5.92 Å². The molecule has 1 aromatic heterocycles. The van der Waals surface area contributed by atoms with Gasteiger partial charge >= 0.3 is 0 Å². The van der Waals surface area contributed by atoms with Crippen LogP contribution in [0.4, 0.5) is 0 Å². The molecule has 0 unspecified atom stereocenters. The highest BCUT2D eigenvalue weighted by atomic mass is 35.5. The van der Waals surface area contributed by atoms with Crippen molar-refractivity contribution in [1.82, 2.24) is 15.2 Å². The molecular formula is C24H27Cl2N3O2. The van der Waals surface area contributed by atoms with E-state index in [2.05, 4.69) is 34.3 Å². The highest BCUT2D eigenvalue weighted by Crippen LogP contribution is 2.28. The fraction of sp³-hybridized carbons (Fsp3) is 0.333. The molecule has 0 bridgehead atoms. The van der Waals surface area contributed by atoms with Crippen LogP contribution in [-0.2, 0) is 13.1 Å². The first-order valence-corrected chi connectivity index (χ1v) is 11.0. The summed E-state index contributed by atoms with van der Waals surface area (Å²) >= 11 is 12.5. The molecule has 0 aliphatic carbocycles. The smallest absolute Gasteiger partial charge is 0.273 e. The minimum atomic E-state index is -0.230. The topological polar surface area (TPSA) is 58.4 Å². The molecule has 0 aliphatic rings. The number of carbonyl (C=O) groups excluding carboxylic acids is 1. The van der Waals surface area contributed by atoms with E-state index in [1.54, 1.807) is 6.07 Å². The number of rotatable bonds is 9. The first-order chi connectivity index (χ1) is 14.8. The number of nitrogens with zero attached hydrogens (tertiary/aromatic N) is 2. The Morgan fingerprint density at radius 1 is 1.10 bits per heavy atom. The fourth-order valence-corrected chi connectivity index (χ4v) is 3.66. The Labute approximate surface area is 193 Å². The molecule has 1 atom stereocenters. The predicted octanol–water partition coefficient (Wildman–Crippen LogP) is 6.13. The molecule has 3 rings (SSSR count). The number of hydrogen-bond donors (Lipinski definition) is 1. The van der Waals surface area contributed by atoms with Crippen LogP contribution in [0.3, 0.4) is 0 Å². The Kier molecular flexibility index (Phi) is 8.13. The molecular weight excluding hydrogens is 433 g/mol. The second-order valence-electron chi connectivity index (χ2n) is 7.96. The summed E-state index contributed by atoms with van der Waals surface area (Å²) in [4.78, 5) is 18.9. The molecule has 5 nitrogen and oxygen atoms in total. The molecule has 1 amide bonds. The second-order valence-corrected chi connectivity index (χ2v) is 8.80. The van der Waals surface area contributed by atoms with Crippen molar-refractivity contribution < 1.29 is 9.21 Å². The van der Waals surface area contributed by atoms with E-state index in [0.717, 1.165) is 11.1 Å². The minimum Gasteiger partial charge on any atom is -0.447 e. The first kappa shape index (κ1) is 23.3. The molecule has 3 aromatic rings. The Balaban J connectivity index is 1.80. The highest BCUT2D eigenvalue weighted by Gasteiger charge is 2.21. The van der Waals surface area contributed by atoms with Gasteiger partial charge in [-0.2, -0.15) is 0 Å². The summed E-state index contributed by atoms with van der Waals surface area (Å²) in [5.74, 6) is 0.608. The van der Waals surface area contributed by atoms with Gasteiger partial charge in [-0.15, -0.1) is 0 Å². The Morgan fingerprint density at radius 2 is 1.84 bits per heavy atom. The maximum absolute atomic E-state index is 12.3. The van der Waals surface area contributed by atoms with Crippen molar-refractivity contribution in [2.45, 2.75) is 39.9 Å². The summed E-state index contributed by atoms with van der Waals surface area (Å²) in [5, 5.41) is 4.07. The van der Waals surface area contributed by atoms with Crippen LogP contribution in [-0.4, -0.2) is 22.3 Å². The Hall–Kier alpha value is -2.34. The summed E-state index contributed by atoms with van der Waals surface area (Å²) in [6.07, 6.45) is 1.41. The van der Waals surface area contributed by atoms with Crippen molar-refractivity contribution in [1.29, 1.82) is 0 Å². The second kappa shape index (κ2) is 10.8. The standard InChI is InChI=1S/C24H27Cl2N3O2/c1-16(2)12-27-24(30)22-15-31-23(28-22)14-29(17(3)18-7-5-4-6-8-18)13-19-9-10-20(25)11-21(19)26/h4-11,15-17H,12-14H2,1-3H3,(H,27,30)/t17-/m0/s1. The van der Waals surface area contributed by atoms with Gasteiger partial charge in [0.05, 0.1) is 6.54 Å². The average Bonchev–Trinajstić information content (AvgIpc) is 3.22. The van der Waals surface area contributed by atoms with E-state index in [1.807, 2.05) is 44.2 Å². The lowest BCUT2D eigenvalue weighted by atomic mass is 10.1. The maximum Gasteiger partial charge on any atom is 0.273 e. The van der Waals surface area contributed by atoms with Crippen LogP contribution in [0, 0.1) is 5.92 Å². The van der Waals surface area contributed by atoms with Crippen molar-refractivity contribution in [3.05, 3.63) is 87.6 Å². The van der Waals surface area contributed by atoms with Crippen LogP contribution in [0.1, 0.15) is 54.3 Å². The van der Waals surface area contributed by atoms with Crippen molar-refractivity contribution >= 4 is 29.1 Å². The molecule has 31 heavy (non-hydrogen) atoms. The SMILES string of the molecule is CC(C)CNC(=O)c1coc(CN(Cc2ccc(Cl)cc2Cl)[C@@H](C)c2ccccc2)n1. The molecule has 0 saturated heterocycles. The van der Waals surface area contributed by atoms with E-state index in [9.17, 15) is 4.79 Å². The normalized spacial score (nSPS) is 12.4. The third-order valence-electron chi connectivity index (χ3n) is 5.01. The van der Waals surface area contributed by atoms with E-state index in [-0.39, 0.29) is 17.6 Å². The molecule has 164 valence electrons. The van der Waals surface area contributed by atoms with Crippen LogP contribution in [0.5, 0.6) is 0 Å². The van der Waals surface area contributed by atoms with Gasteiger partial charge in [0.1, 0.15) is 6.26 Å². The number of benzene rings is 2. The lowest BCUT2D eigenvalue weighted by Gasteiger charge is -2.28. The van der Waals surface area contributed by atoms with Gasteiger partial charge in [0.2, 0.25) is 5.89 Å². The van der Waals surface area contributed by atoms with E-state index >= 15 is 0 Å². The van der Waals surface area contributed by atoms with Crippen LogP contribution in [0.15, 0.2) is 59.2 Å². The number of halogens is 2. The van der Waals surface area contributed by atoms with E-state index in [4.69, 9.17) is 27.6 Å². The molecule has 0 aliphatic heterocycles. The zero-order valence-corrected chi connectivity index (χ0v) is 19.5. The van der Waals surface area contributed by atoms with Crippen molar-refractivity contribution in [3.8, 4) is 0 Å². The maximum atomic E-state index is 12.3. The summed E-state index contributed by atoms with van der Waals surface area (Å²) in [6, 6.07) is 15.8. The molecule has 2 aromatic carbocycles. The Bertz CT molecular complexity index is 1010. The lowest BCUT2D eigenvalue weighted by molar-refractivity contribution is 0.0944. The van der Waals surface area contributed by atoms with Gasteiger partial charge in [-0.3, -0.25) is 9.69 Å². The third-order valence-corrected chi connectivity index (χ3v) is 5.60. The molecule has 1 N–H and O–H groups in total. The summed E-state index contributed by atoms with van der Waals surface area (Å²) < 4.78 is 5.63. The van der Waals surface area contributed by atoms with Crippen LogP contribution < -0.4 is 5.32 Å². The zero-order chi connectivity index (χ0) is 22.4. The van der Waals surface area contributed by atoms with Gasteiger partial charge in [-0.05, 0) is 36.1 Å². The van der Waals surface area contributed by atoms with Gasteiger partial charge in [0.15, 0.2) is 5.69 Å². The number of amides is 1. The van der Waals surface area contributed by atoms with Gasteiger partial charge in [-0.25, -0.2) is 4.98 Å². The molecule has 0 saturated carbocycles. The van der Waals surface area contributed by atoms with Gasteiger partial charge in [-0.1, -0.05) is 73.4 Å². The minimum absolute atomic E-state index is 0.0677. The molecule has 0 spiro atoms. The van der Waals surface area contributed by atoms with Crippen LogP contribution >= 0.6 is 23.2 Å². The van der Waals surface area contributed by atoms with E-state index in [1.165, 1.54) is 6.26 Å². The monoisotopic (exact) mass is 459 g/mol. The van der Waals surface area contributed by atoms with Crippen LogP contribution in [0.2, 0.25) is 10.0 Å². The number of aromatic nitrogens is 1. The number of carbonyl (C=O) groups is 1. The summed E-state index contributed by atoms with van der Waals surface area (Å²) in [7, 11) is 0. The molecule has 1 heterocycles. The number of nitrogens with one attached hydrogen (secondary N) is 1. The van der Waals surface area contributed by atoms with E-state index < -0.39 is 0 Å². The van der Waals surface area contributed by atoms with Gasteiger partial charge in [0, 0.05) is 29.2 Å². The largest absolute Gasteiger partial charge is 0.447 e. The van der Waals surface area contributed by atoms with E-state index in [0.29, 0.717) is 41.5 Å². The Morgan fingerprint density at radius 3 is 2.52 bits per heavy atom. The summed E-state index contributed by atoms with van der Waals surface area (Å²) in [5.41, 5.74) is 2.40. The number of hydrogen-bond acceptors (Lipinski definition) is 4. The van der Waals surface area contributed by atoms with Crippen molar-refractivity contribution in [3.63, 3.8) is 0 Å². The molecule has 7 heteroatoms. The number of oxazole rings is 1. The molecule has 0 radical (unpaired) electrons. The highest BCUT2D eigenvalue weighted by molar-refractivity contribution is 6.35. The average molecular weight is 460 g/mol. The zero-order valence-electron chi connectivity index (χ0n) is 17.9. The lowest BCUT2D eigenvalue weighted by Crippen LogP contribution is -2.28. The third kappa shape index (κ3) is 6.57. The van der Waals surface area contributed by atoms with Gasteiger partial charge in [0.25, 0.3) is 5.91 Å². The summed E-state index contributed by atoms with van der Waals surface area (Å²) in [6.45, 7) is 7.79.